The van der Waals surface area contributed by atoms with Crippen LogP contribution in [-0.2, 0) is 21.4 Å². The van der Waals surface area contributed by atoms with Crippen LogP contribution in [0.1, 0.15) is 25.0 Å². The number of esters is 1. The molecule has 23 heavy (non-hydrogen) atoms. The predicted octanol–water partition coefficient (Wildman–Crippen LogP) is 3.05. The first-order valence-corrected chi connectivity index (χ1v) is 7.29. The number of pyridine rings is 1. The summed E-state index contributed by atoms with van der Waals surface area (Å²) in [4.78, 5) is 27.4. The fourth-order valence-electron chi connectivity index (χ4n) is 2.58. The Balaban J connectivity index is 2.54. The quantitative estimate of drug-likeness (QED) is 0.465. The van der Waals surface area contributed by atoms with E-state index in [0.29, 0.717) is 12.0 Å². The van der Waals surface area contributed by atoms with E-state index >= 15 is 0 Å². The van der Waals surface area contributed by atoms with E-state index < -0.39 is 16.3 Å². The molecule has 0 saturated heterocycles. The molecule has 1 heterocycles. The topological polar surface area (TPSA) is 82.3 Å². The Morgan fingerprint density at radius 2 is 1.91 bits per heavy atom. The van der Waals surface area contributed by atoms with Gasteiger partial charge < -0.3 is 4.74 Å². The molecule has 1 aromatic carbocycles. The Morgan fingerprint density at radius 1 is 1.26 bits per heavy atom. The number of nitro groups is 1. The molecule has 0 N–H and O–H groups in total. The first-order valence-electron chi connectivity index (χ1n) is 7.29. The molecule has 6 nitrogen and oxygen atoms in total. The molecule has 1 aromatic heterocycles. The van der Waals surface area contributed by atoms with Gasteiger partial charge in [0.2, 0.25) is 0 Å². The number of hydrogen-bond donors (Lipinski definition) is 0. The van der Waals surface area contributed by atoms with Crippen molar-refractivity contribution < 1.29 is 14.5 Å². The lowest BCUT2D eigenvalue weighted by Gasteiger charge is -2.27. The van der Waals surface area contributed by atoms with Gasteiger partial charge in [0.05, 0.1) is 11.5 Å². The third kappa shape index (κ3) is 3.53. The van der Waals surface area contributed by atoms with Gasteiger partial charge in [-0.1, -0.05) is 18.2 Å². The van der Waals surface area contributed by atoms with E-state index in [-0.39, 0.29) is 12.3 Å². The van der Waals surface area contributed by atoms with Crippen molar-refractivity contribution in [3.05, 3.63) is 70.0 Å². The Hall–Kier alpha value is -2.76. The number of rotatable bonds is 6. The Labute approximate surface area is 134 Å². The van der Waals surface area contributed by atoms with Crippen molar-refractivity contribution in [2.75, 3.05) is 6.61 Å². The van der Waals surface area contributed by atoms with Crippen molar-refractivity contribution in [1.29, 1.82) is 0 Å². The highest BCUT2D eigenvalue weighted by atomic mass is 16.6. The molecule has 0 amide bonds. The van der Waals surface area contributed by atoms with Crippen LogP contribution in [0.4, 0.5) is 5.69 Å². The van der Waals surface area contributed by atoms with Crippen LogP contribution in [0.3, 0.4) is 0 Å². The van der Waals surface area contributed by atoms with Gasteiger partial charge in [0.15, 0.2) is 0 Å². The first kappa shape index (κ1) is 16.6. The van der Waals surface area contributed by atoms with Gasteiger partial charge in [-0.05, 0) is 38.0 Å². The van der Waals surface area contributed by atoms with E-state index in [1.807, 2.05) is 0 Å². The standard InChI is InChI=1S/C17H18N2O4/c1-3-23-16(20)17(2,12-13-8-10-18-11-9-13)14-6-4-5-7-15(14)19(21)22/h4-11H,3,12H2,1-2H3. The number of nitro benzene ring substituents is 1. The molecular formula is C17H18N2O4. The zero-order valence-electron chi connectivity index (χ0n) is 13.1. The minimum Gasteiger partial charge on any atom is -0.465 e. The molecule has 0 saturated carbocycles. The van der Waals surface area contributed by atoms with Crippen LogP contribution in [-0.4, -0.2) is 22.5 Å². The minimum atomic E-state index is -1.15. The van der Waals surface area contributed by atoms with Gasteiger partial charge in [0, 0.05) is 24.0 Å². The number of para-hydroxylation sites is 1. The summed E-state index contributed by atoms with van der Waals surface area (Å²) >= 11 is 0. The second kappa shape index (κ2) is 7.00. The van der Waals surface area contributed by atoms with Crippen molar-refractivity contribution in [1.82, 2.24) is 4.98 Å². The van der Waals surface area contributed by atoms with Gasteiger partial charge in [0.1, 0.15) is 5.41 Å². The summed E-state index contributed by atoms with van der Waals surface area (Å²) in [6.45, 7) is 3.60. The third-order valence-electron chi connectivity index (χ3n) is 3.73. The fourth-order valence-corrected chi connectivity index (χ4v) is 2.58. The van der Waals surface area contributed by atoms with Gasteiger partial charge in [-0.25, -0.2) is 0 Å². The van der Waals surface area contributed by atoms with E-state index in [1.54, 1.807) is 56.6 Å². The van der Waals surface area contributed by atoms with Crippen molar-refractivity contribution >= 4 is 11.7 Å². The van der Waals surface area contributed by atoms with Gasteiger partial charge in [-0.3, -0.25) is 19.9 Å². The molecule has 2 rings (SSSR count). The van der Waals surface area contributed by atoms with E-state index in [9.17, 15) is 14.9 Å². The second-order valence-electron chi connectivity index (χ2n) is 5.36. The van der Waals surface area contributed by atoms with Crippen LogP contribution >= 0.6 is 0 Å². The largest absolute Gasteiger partial charge is 0.465 e. The molecule has 0 aliphatic carbocycles. The number of nitrogens with zero attached hydrogens (tertiary/aromatic N) is 2. The molecule has 0 spiro atoms. The number of benzene rings is 1. The molecule has 120 valence electrons. The molecule has 0 aliphatic heterocycles. The monoisotopic (exact) mass is 314 g/mol. The number of aromatic nitrogens is 1. The zero-order valence-corrected chi connectivity index (χ0v) is 13.1. The Bertz CT molecular complexity index is 703. The molecule has 1 atom stereocenters. The van der Waals surface area contributed by atoms with Gasteiger partial charge in [-0.2, -0.15) is 0 Å². The summed E-state index contributed by atoms with van der Waals surface area (Å²) in [6.07, 6.45) is 3.54. The van der Waals surface area contributed by atoms with Crippen LogP contribution in [0.2, 0.25) is 0 Å². The molecule has 0 fully saturated rings. The lowest BCUT2D eigenvalue weighted by atomic mass is 9.76. The molecule has 0 bridgehead atoms. The van der Waals surface area contributed by atoms with E-state index in [2.05, 4.69) is 4.98 Å². The molecule has 2 aromatic rings. The van der Waals surface area contributed by atoms with Crippen molar-refractivity contribution in [2.45, 2.75) is 25.7 Å². The lowest BCUT2D eigenvalue weighted by molar-refractivity contribution is -0.386. The maximum atomic E-state index is 12.6. The van der Waals surface area contributed by atoms with Crippen LogP contribution < -0.4 is 0 Å². The van der Waals surface area contributed by atoms with E-state index in [4.69, 9.17) is 4.74 Å². The summed E-state index contributed by atoms with van der Waals surface area (Å²) in [7, 11) is 0. The van der Waals surface area contributed by atoms with Crippen LogP contribution in [0.15, 0.2) is 48.8 Å². The summed E-state index contributed by atoms with van der Waals surface area (Å²) in [6, 6.07) is 9.85. The highest BCUT2D eigenvalue weighted by Gasteiger charge is 2.41. The van der Waals surface area contributed by atoms with Crippen LogP contribution in [0.25, 0.3) is 0 Å². The number of ether oxygens (including phenoxy) is 1. The summed E-state index contributed by atoms with van der Waals surface area (Å²) in [5.74, 6) is -0.480. The van der Waals surface area contributed by atoms with Crippen molar-refractivity contribution in [2.24, 2.45) is 0 Å². The summed E-state index contributed by atoms with van der Waals surface area (Å²) in [5, 5.41) is 11.3. The predicted molar refractivity (Wildman–Crippen MR) is 85.0 cm³/mol. The van der Waals surface area contributed by atoms with Crippen molar-refractivity contribution in [3.63, 3.8) is 0 Å². The van der Waals surface area contributed by atoms with Gasteiger partial charge >= 0.3 is 5.97 Å². The summed E-state index contributed by atoms with van der Waals surface area (Å²) < 4.78 is 5.19. The Kier molecular flexibility index (Phi) is 5.05. The lowest BCUT2D eigenvalue weighted by Crippen LogP contribution is -2.37. The number of carbonyl (C=O) groups is 1. The van der Waals surface area contributed by atoms with Crippen molar-refractivity contribution in [3.8, 4) is 0 Å². The maximum absolute atomic E-state index is 12.6. The van der Waals surface area contributed by atoms with E-state index in [0.717, 1.165) is 5.56 Å². The molecule has 0 radical (unpaired) electrons. The highest BCUT2D eigenvalue weighted by Crippen LogP contribution is 2.35. The normalized spacial score (nSPS) is 13.1. The maximum Gasteiger partial charge on any atom is 0.316 e. The Morgan fingerprint density at radius 3 is 2.52 bits per heavy atom. The van der Waals surface area contributed by atoms with Crippen LogP contribution in [0.5, 0.6) is 0 Å². The number of carbonyl (C=O) groups excluding carboxylic acids is 1. The van der Waals surface area contributed by atoms with Crippen LogP contribution in [0, 0.1) is 10.1 Å². The molecule has 1 unspecified atom stereocenters. The zero-order chi connectivity index (χ0) is 16.9. The average molecular weight is 314 g/mol. The SMILES string of the molecule is CCOC(=O)C(C)(Cc1ccncc1)c1ccccc1[N+](=O)[O-]. The van der Waals surface area contributed by atoms with E-state index in [1.165, 1.54) is 6.07 Å². The molecule has 6 heteroatoms. The second-order valence-corrected chi connectivity index (χ2v) is 5.36. The third-order valence-corrected chi connectivity index (χ3v) is 3.73. The molecule has 0 aliphatic rings. The summed E-state index contributed by atoms with van der Waals surface area (Å²) in [5.41, 5.74) is -0.0350. The van der Waals surface area contributed by atoms with Gasteiger partial charge in [0.25, 0.3) is 5.69 Å². The number of hydrogen-bond acceptors (Lipinski definition) is 5. The fraction of sp³-hybridized carbons (Fsp3) is 0.294. The first-order chi connectivity index (χ1) is 11.0. The highest BCUT2D eigenvalue weighted by molar-refractivity contribution is 5.84. The smallest absolute Gasteiger partial charge is 0.316 e. The average Bonchev–Trinajstić information content (AvgIpc) is 2.56. The van der Waals surface area contributed by atoms with Gasteiger partial charge in [-0.15, -0.1) is 0 Å². The minimum absolute atomic E-state index is 0.0860. The molecular weight excluding hydrogens is 296 g/mol.